The number of nitrogens with one attached hydrogen (secondary N) is 1. The van der Waals surface area contributed by atoms with Gasteiger partial charge in [-0.05, 0) is 6.42 Å². The first-order chi connectivity index (χ1) is 6.69. The zero-order chi connectivity index (χ0) is 10.6. The SMILES string of the molecule is CCCNc1cc(OC)c(N)cc1F. The maximum atomic E-state index is 13.3. The van der Waals surface area contributed by atoms with Crippen LogP contribution in [0.15, 0.2) is 12.1 Å². The minimum absolute atomic E-state index is 0.312. The summed E-state index contributed by atoms with van der Waals surface area (Å²) in [6.07, 6.45) is 0.937. The molecule has 0 aliphatic carbocycles. The second-order valence-corrected chi connectivity index (χ2v) is 3.00. The Labute approximate surface area is 83.1 Å². The first-order valence-corrected chi connectivity index (χ1v) is 4.56. The molecule has 0 saturated carbocycles. The van der Waals surface area contributed by atoms with Gasteiger partial charge in [-0.15, -0.1) is 0 Å². The van der Waals surface area contributed by atoms with Gasteiger partial charge in [0.2, 0.25) is 0 Å². The number of nitrogens with two attached hydrogens (primary N) is 1. The van der Waals surface area contributed by atoms with Crippen LogP contribution in [-0.4, -0.2) is 13.7 Å². The normalized spacial score (nSPS) is 9.93. The Balaban J connectivity index is 2.92. The van der Waals surface area contributed by atoms with Gasteiger partial charge in [0.15, 0.2) is 0 Å². The maximum absolute atomic E-state index is 13.3. The van der Waals surface area contributed by atoms with Gasteiger partial charge in [-0.2, -0.15) is 0 Å². The molecule has 1 rings (SSSR count). The van der Waals surface area contributed by atoms with Crippen molar-refractivity contribution in [1.82, 2.24) is 0 Å². The summed E-state index contributed by atoms with van der Waals surface area (Å²) < 4.78 is 18.3. The molecule has 0 bridgehead atoms. The lowest BCUT2D eigenvalue weighted by Crippen LogP contribution is -2.03. The lowest BCUT2D eigenvalue weighted by Gasteiger charge is -2.10. The van der Waals surface area contributed by atoms with Gasteiger partial charge in [0.05, 0.1) is 18.5 Å². The Hall–Kier alpha value is -1.45. The van der Waals surface area contributed by atoms with Crippen LogP contribution < -0.4 is 15.8 Å². The highest BCUT2D eigenvalue weighted by Gasteiger charge is 2.07. The first-order valence-electron chi connectivity index (χ1n) is 4.56. The van der Waals surface area contributed by atoms with Crippen LogP contribution in [0.2, 0.25) is 0 Å². The molecule has 3 nitrogen and oxygen atoms in total. The van der Waals surface area contributed by atoms with E-state index < -0.39 is 0 Å². The van der Waals surface area contributed by atoms with Gasteiger partial charge in [-0.1, -0.05) is 6.92 Å². The van der Waals surface area contributed by atoms with E-state index in [-0.39, 0.29) is 5.82 Å². The molecular formula is C10H15FN2O. The van der Waals surface area contributed by atoms with E-state index in [1.807, 2.05) is 6.92 Å². The number of ether oxygens (including phenoxy) is 1. The van der Waals surface area contributed by atoms with Crippen molar-refractivity contribution < 1.29 is 9.13 Å². The minimum atomic E-state index is -0.350. The monoisotopic (exact) mass is 198 g/mol. The van der Waals surface area contributed by atoms with E-state index >= 15 is 0 Å². The fourth-order valence-electron chi connectivity index (χ4n) is 1.14. The van der Waals surface area contributed by atoms with E-state index in [9.17, 15) is 4.39 Å². The molecule has 0 atom stereocenters. The Morgan fingerprint density at radius 1 is 1.50 bits per heavy atom. The molecule has 1 aromatic rings. The van der Waals surface area contributed by atoms with Crippen molar-refractivity contribution in [3.05, 3.63) is 17.9 Å². The van der Waals surface area contributed by atoms with Crippen molar-refractivity contribution in [1.29, 1.82) is 0 Å². The Bertz CT molecular complexity index is 315. The van der Waals surface area contributed by atoms with Gasteiger partial charge in [0, 0.05) is 18.7 Å². The molecule has 3 N–H and O–H groups in total. The van der Waals surface area contributed by atoms with Crippen molar-refractivity contribution in [2.45, 2.75) is 13.3 Å². The predicted molar refractivity (Wildman–Crippen MR) is 56.1 cm³/mol. The summed E-state index contributed by atoms with van der Waals surface area (Å²) in [5.74, 6) is 0.141. The van der Waals surface area contributed by atoms with E-state index in [0.29, 0.717) is 17.1 Å². The number of halogens is 1. The standard InChI is InChI=1S/C10H15FN2O/c1-3-4-13-9-6-10(14-2)8(12)5-7(9)11/h5-6,13H,3-4,12H2,1-2H3. The molecule has 0 heterocycles. The van der Waals surface area contributed by atoms with E-state index in [2.05, 4.69) is 5.32 Å². The molecule has 4 heteroatoms. The third-order valence-corrected chi connectivity index (χ3v) is 1.88. The molecule has 0 spiro atoms. The van der Waals surface area contributed by atoms with Crippen LogP contribution >= 0.6 is 0 Å². The average molecular weight is 198 g/mol. The molecule has 0 aliphatic heterocycles. The molecule has 0 radical (unpaired) electrons. The minimum Gasteiger partial charge on any atom is -0.495 e. The molecular weight excluding hydrogens is 183 g/mol. The van der Waals surface area contributed by atoms with Gasteiger partial charge in [-0.25, -0.2) is 4.39 Å². The quantitative estimate of drug-likeness (QED) is 0.729. The van der Waals surface area contributed by atoms with Crippen LogP contribution in [0.5, 0.6) is 5.75 Å². The van der Waals surface area contributed by atoms with Crippen molar-refractivity contribution >= 4 is 11.4 Å². The first kappa shape index (κ1) is 10.6. The largest absolute Gasteiger partial charge is 0.495 e. The summed E-state index contributed by atoms with van der Waals surface area (Å²) in [5.41, 5.74) is 6.28. The topological polar surface area (TPSA) is 47.3 Å². The molecule has 0 unspecified atom stereocenters. The molecule has 1 aromatic carbocycles. The number of anilines is 2. The van der Waals surface area contributed by atoms with E-state index in [1.165, 1.54) is 13.2 Å². The van der Waals surface area contributed by atoms with Crippen molar-refractivity contribution in [2.24, 2.45) is 0 Å². The maximum Gasteiger partial charge on any atom is 0.148 e. The summed E-state index contributed by atoms with van der Waals surface area (Å²) in [4.78, 5) is 0. The number of hydrogen-bond donors (Lipinski definition) is 2. The zero-order valence-electron chi connectivity index (χ0n) is 8.43. The highest BCUT2D eigenvalue weighted by atomic mass is 19.1. The summed E-state index contributed by atoms with van der Waals surface area (Å²) in [6.45, 7) is 2.74. The Morgan fingerprint density at radius 3 is 2.79 bits per heavy atom. The van der Waals surface area contributed by atoms with Crippen molar-refractivity contribution in [3.8, 4) is 5.75 Å². The molecule has 78 valence electrons. The number of rotatable bonds is 4. The average Bonchev–Trinajstić information content (AvgIpc) is 2.17. The number of nitrogen functional groups attached to an aromatic ring is 1. The van der Waals surface area contributed by atoms with Crippen LogP contribution in [0.25, 0.3) is 0 Å². The van der Waals surface area contributed by atoms with Crippen LogP contribution in [0.3, 0.4) is 0 Å². The van der Waals surface area contributed by atoms with Crippen molar-refractivity contribution in [3.63, 3.8) is 0 Å². The van der Waals surface area contributed by atoms with E-state index in [1.54, 1.807) is 6.07 Å². The van der Waals surface area contributed by atoms with Crippen LogP contribution in [0, 0.1) is 5.82 Å². The molecule has 0 amide bonds. The molecule has 0 aromatic heterocycles. The summed E-state index contributed by atoms with van der Waals surface area (Å²) >= 11 is 0. The number of methoxy groups -OCH3 is 1. The third kappa shape index (κ3) is 2.28. The Kier molecular flexibility index (Phi) is 3.56. The number of hydrogen-bond acceptors (Lipinski definition) is 3. The molecule has 0 aliphatic rings. The summed E-state index contributed by atoms with van der Waals surface area (Å²) in [6, 6.07) is 2.83. The lowest BCUT2D eigenvalue weighted by atomic mass is 10.2. The second-order valence-electron chi connectivity index (χ2n) is 3.00. The van der Waals surface area contributed by atoms with Gasteiger partial charge < -0.3 is 15.8 Å². The fraction of sp³-hybridized carbons (Fsp3) is 0.400. The Morgan fingerprint density at radius 2 is 2.21 bits per heavy atom. The highest BCUT2D eigenvalue weighted by Crippen LogP contribution is 2.27. The number of benzene rings is 1. The van der Waals surface area contributed by atoms with Gasteiger partial charge >= 0.3 is 0 Å². The highest BCUT2D eigenvalue weighted by molar-refractivity contribution is 5.62. The second kappa shape index (κ2) is 4.69. The molecule has 0 fully saturated rings. The molecule has 14 heavy (non-hydrogen) atoms. The van der Waals surface area contributed by atoms with Crippen molar-refractivity contribution in [2.75, 3.05) is 24.7 Å². The third-order valence-electron chi connectivity index (χ3n) is 1.88. The van der Waals surface area contributed by atoms with Crippen LogP contribution in [-0.2, 0) is 0 Å². The lowest BCUT2D eigenvalue weighted by molar-refractivity contribution is 0.416. The molecule has 0 saturated heterocycles. The summed E-state index contributed by atoms with van der Waals surface area (Å²) in [7, 11) is 1.51. The fourth-order valence-corrected chi connectivity index (χ4v) is 1.14. The predicted octanol–water partition coefficient (Wildman–Crippen LogP) is 2.24. The van der Waals surface area contributed by atoms with Gasteiger partial charge in [0.1, 0.15) is 11.6 Å². The van der Waals surface area contributed by atoms with Gasteiger partial charge in [-0.3, -0.25) is 0 Å². The van der Waals surface area contributed by atoms with Gasteiger partial charge in [0.25, 0.3) is 0 Å². The summed E-state index contributed by atoms with van der Waals surface area (Å²) in [5, 5.41) is 2.95. The van der Waals surface area contributed by atoms with E-state index in [0.717, 1.165) is 13.0 Å². The smallest absolute Gasteiger partial charge is 0.148 e. The van der Waals surface area contributed by atoms with Crippen LogP contribution in [0.4, 0.5) is 15.8 Å². The van der Waals surface area contributed by atoms with E-state index in [4.69, 9.17) is 10.5 Å². The zero-order valence-corrected chi connectivity index (χ0v) is 8.43. The van der Waals surface area contributed by atoms with Crippen LogP contribution in [0.1, 0.15) is 13.3 Å².